The third kappa shape index (κ3) is 1.80. The van der Waals surface area contributed by atoms with Crippen molar-refractivity contribution in [2.45, 2.75) is 19.8 Å². The van der Waals surface area contributed by atoms with Crippen molar-refractivity contribution < 1.29 is 10.2 Å². The van der Waals surface area contributed by atoms with E-state index in [0.29, 0.717) is 5.92 Å². The minimum atomic E-state index is 0.243. The molecule has 0 atom stereocenters. The highest BCUT2D eigenvalue weighted by Gasteiger charge is 2.11. The first-order valence-corrected chi connectivity index (χ1v) is 6.45. The largest absolute Gasteiger partial charge is 0.508 e. The Labute approximate surface area is 111 Å². The molecule has 0 radical (unpaired) electrons. The number of aromatic hydroxyl groups is 2. The Morgan fingerprint density at radius 1 is 0.895 bits per heavy atom. The van der Waals surface area contributed by atoms with Gasteiger partial charge in [0.2, 0.25) is 0 Å². The maximum absolute atomic E-state index is 10.1. The third-order valence-corrected chi connectivity index (χ3v) is 3.59. The fraction of sp³-hybridized carbons (Fsp3) is 0.176. The number of rotatable bonds is 1. The summed E-state index contributed by atoms with van der Waals surface area (Å²) in [5.41, 5.74) is 1.10. The Morgan fingerprint density at radius 3 is 2.42 bits per heavy atom. The van der Waals surface area contributed by atoms with E-state index in [1.807, 2.05) is 18.2 Å². The Hall–Kier alpha value is -2.22. The molecule has 0 saturated carbocycles. The molecule has 0 aliphatic carbocycles. The van der Waals surface area contributed by atoms with Crippen LogP contribution >= 0.6 is 0 Å². The highest BCUT2D eigenvalue weighted by atomic mass is 16.3. The Morgan fingerprint density at radius 2 is 1.68 bits per heavy atom. The zero-order chi connectivity index (χ0) is 13.6. The molecule has 0 aliphatic heterocycles. The lowest BCUT2D eigenvalue weighted by Crippen LogP contribution is -1.90. The fourth-order valence-corrected chi connectivity index (χ4v) is 2.69. The maximum Gasteiger partial charge on any atom is 0.124 e. The van der Waals surface area contributed by atoms with E-state index in [0.717, 1.165) is 27.1 Å². The third-order valence-electron chi connectivity index (χ3n) is 3.59. The van der Waals surface area contributed by atoms with Crippen LogP contribution in [0.5, 0.6) is 11.5 Å². The second-order valence-corrected chi connectivity index (χ2v) is 5.23. The second kappa shape index (κ2) is 4.16. The van der Waals surface area contributed by atoms with Gasteiger partial charge in [-0.2, -0.15) is 0 Å². The summed E-state index contributed by atoms with van der Waals surface area (Å²) in [6, 6.07) is 13.1. The molecular weight excluding hydrogens is 236 g/mol. The van der Waals surface area contributed by atoms with Crippen molar-refractivity contribution in [3.05, 3.63) is 48.0 Å². The standard InChI is InChI=1S/C17H16O2/c1-10(2)14-8-12(18)9-15-13(14)7-6-11-4-3-5-16(19)17(11)15/h3-10,18-19H,1-2H3. The van der Waals surface area contributed by atoms with Crippen molar-refractivity contribution >= 4 is 21.5 Å². The van der Waals surface area contributed by atoms with Crippen LogP contribution in [0.2, 0.25) is 0 Å². The van der Waals surface area contributed by atoms with Gasteiger partial charge in [-0.05, 0) is 45.8 Å². The molecule has 0 amide bonds. The van der Waals surface area contributed by atoms with Crippen LogP contribution in [0.3, 0.4) is 0 Å². The molecule has 2 N–H and O–H groups in total. The first kappa shape index (κ1) is 11.8. The molecule has 0 heterocycles. The summed E-state index contributed by atoms with van der Waals surface area (Å²) >= 11 is 0. The summed E-state index contributed by atoms with van der Waals surface area (Å²) in [5.74, 6) is 0.813. The Bertz CT molecular complexity index is 773. The number of fused-ring (bicyclic) bond motifs is 3. The summed E-state index contributed by atoms with van der Waals surface area (Å²) in [7, 11) is 0. The van der Waals surface area contributed by atoms with Crippen LogP contribution in [0.1, 0.15) is 25.3 Å². The molecule has 3 aromatic carbocycles. The van der Waals surface area contributed by atoms with E-state index in [1.165, 1.54) is 0 Å². The number of phenolic OH excluding ortho intramolecular Hbond substituents is 2. The van der Waals surface area contributed by atoms with Gasteiger partial charge in [-0.25, -0.2) is 0 Å². The minimum absolute atomic E-state index is 0.243. The van der Waals surface area contributed by atoms with E-state index in [1.54, 1.807) is 18.2 Å². The number of phenols is 2. The van der Waals surface area contributed by atoms with Crippen molar-refractivity contribution in [2.24, 2.45) is 0 Å². The van der Waals surface area contributed by atoms with Gasteiger partial charge in [0.25, 0.3) is 0 Å². The summed E-state index contributed by atoms with van der Waals surface area (Å²) in [4.78, 5) is 0. The molecule has 0 fully saturated rings. The molecule has 19 heavy (non-hydrogen) atoms. The Balaban J connectivity index is 2.56. The molecular formula is C17H16O2. The zero-order valence-electron chi connectivity index (χ0n) is 11.0. The average Bonchev–Trinajstić information content (AvgIpc) is 2.37. The van der Waals surface area contributed by atoms with E-state index in [-0.39, 0.29) is 11.5 Å². The van der Waals surface area contributed by atoms with E-state index < -0.39 is 0 Å². The molecule has 3 aromatic rings. The molecule has 0 unspecified atom stereocenters. The predicted octanol–water partition coefficient (Wildman–Crippen LogP) is 4.53. The monoisotopic (exact) mass is 252 g/mol. The average molecular weight is 252 g/mol. The lowest BCUT2D eigenvalue weighted by Gasteiger charge is -2.13. The fourth-order valence-electron chi connectivity index (χ4n) is 2.69. The molecule has 3 rings (SSSR count). The summed E-state index contributed by atoms with van der Waals surface area (Å²) in [5, 5.41) is 23.8. The van der Waals surface area contributed by atoms with Gasteiger partial charge < -0.3 is 10.2 Å². The lowest BCUT2D eigenvalue weighted by molar-refractivity contribution is 0.475. The van der Waals surface area contributed by atoms with Gasteiger partial charge in [-0.3, -0.25) is 0 Å². The molecule has 0 saturated heterocycles. The zero-order valence-corrected chi connectivity index (χ0v) is 11.0. The molecule has 2 nitrogen and oxygen atoms in total. The van der Waals surface area contributed by atoms with Crippen molar-refractivity contribution in [1.82, 2.24) is 0 Å². The normalized spacial score (nSPS) is 11.5. The van der Waals surface area contributed by atoms with Gasteiger partial charge in [0.05, 0.1) is 0 Å². The minimum Gasteiger partial charge on any atom is -0.508 e. The van der Waals surface area contributed by atoms with E-state index in [4.69, 9.17) is 0 Å². The summed E-state index contributed by atoms with van der Waals surface area (Å²) in [6.07, 6.45) is 0. The molecule has 2 heteroatoms. The number of benzene rings is 3. The molecule has 96 valence electrons. The molecule has 0 aromatic heterocycles. The van der Waals surface area contributed by atoms with Crippen LogP contribution in [0, 0.1) is 0 Å². The number of hydrogen-bond donors (Lipinski definition) is 2. The van der Waals surface area contributed by atoms with Gasteiger partial charge >= 0.3 is 0 Å². The second-order valence-electron chi connectivity index (χ2n) is 5.23. The van der Waals surface area contributed by atoms with Gasteiger partial charge in [0, 0.05) is 5.39 Å². The van der Waals surface area contributed by atoms with Crippen molar-refractivity contribution in [3.8, 4) is 11.5 Å². The van der Waals surface area contributed by atoms with Crippen LogP contribution in [0.25, 0.3) is 21.5 Å². The van der Waals surface area contributed by atoms with E-state index >= 15 is 0 Å². The van der Waals surface area contributed by atoms with Gasteiger partial charge in [-0.15, -0.1) is 0 Å². The van der Waals surface area contributed by atoms with Crippen molar-refractivity contribution in [1.29, 1.82) is 0 Å². The highest BCUT2D eigenvalue weighted by molar-refractivity contribution is 6.11. The van der Waals surface area contributed by atoms with Crippen LogP contribution in [-0.2, 0) is 0 Å². The van der Waals surface area contributed by atoms with Gasteiger partial charge in [0.1, 0.15) is 11.5 Å². The van der Waals surface area contributed by atoms with Gasteiger partial charge in [0.15, 0.2) is 0 Å². The van der Waals surface area contributed by atoms with Crippen LogP contribution in [0.15, 0.2) is 42.5 Å². The van der Waals surface area contributed by atoms with Gasteiger partial charge in [-0.1, -0.05) is 38.1 Å². The quantitative estimate of drug-likeness (QED) is 0.625. The predicted molar refractivity (Wildman–Crippen MR) is 78.9 cm³/mol. The van der Waals surface area contributed by atoms with Crippen molar-refractivity contribution in [3.63, 3.8) is 0 Å². The van der Waals surface area contributed by atoms with Crippen LogP contribution in [0.4, 0.5) is 0 Å². The number of hydrogen-bond acceptors (Lipinski definition) is 2. The van der Waals surface area contributed by atoms with Crippen molar-refractivity contribution in [2.75, 3.05) is 0 Å². The first-order valence-electron chi connectivity index (χ1n) is 6.45. The topological polar surface area (TPSA) is 40.5 Å². The van der Waals surface area contributed by atoms with Crippen LogP contribution < -0.4 is 0 Å². The molecule has 0 bridgehead atoms. The van der Waals surface area contributed by atoms with E-state index in [2.05, 4.69) is 19.9 Å². The Kier molecular flexibility index (Phi) is 2.59. The maximum atomic E-state index is 10.1. The molecule has 0 spiro atoms. The van der Waals surface area contributed by atoms with E-state index in [9.17, 15) is 10.2 Å². The first-order chi connectivity index (χ1) is 9.08. The summed E-state index contributed by atoms with van der Waals surface area (Å²) in [6.45, 7) is 4.20. The molecule has 0 aliphatic rings. The smallest absolute Gasteiger partial charge is 0.124 e. The SMILES string of the molecule is CC(C)c1cc(O)cc2c1ccc1cccc(O)c12. The highest BCUT2D eigenvalue weighted by Crippen LogP contribution is 2.37. The lowest BCUT2D eigenvalue weighted by atomic mass is 9.92. The van der Waals surface area contributed by atoms with Crippen LogP contribution in [-0.4, -0.2) is 10.2 Å². The summed E-state index contributed by atoms with van der Waals surface area (Å²) < 4.78 is 0.